The fourth-order valence-corrected chi connectivity index (χ4v) is 9.59. The number of ether oxygens (including phenoxy) is 1. The average molecular weight is 432 g/mol. The Hall–Kier alpha value is -0.570. The predicted molar refractivity (Wildman–Crippen MR) is 128 cm³/mol. The molecule has 3 nitrogen and oxygen atoms in total. The molecular formula is C28H49NO2. The number of oxime groups is 1. The number of hydrogen-bond acceptors (Lipinski definition) is 3. The molecule has 178 valence electrons. The minimum Gasteiger partial charge on any atom is -0.411 e. The fraction of sp³-hybridized carbons (Fsp3) is 0.964. The Labute approximate surface area is 191 Å². The highest BCUT2D eigenvalue weighted by Gasteiger charge is 2.61. The van der Waals surface area contributed by atoms with Gasteiger partial charge in [-0.3, -0.25) is 0 Å². The molecule has 0 amide bonds. The van der Waals surface area contributed by atoms with Gasteiger partial charge in [0.25, 0.3) is 0 Å². The molecule has 4 aliphatic carbocycles. The highest BCUT2D eigenvalue weighted by molar-refractivity contribution is 5.86. The van der Waals surface area contributed by atoms with Crippen molar-refractivity contribution >= 4 is 5.71 Å². The van der Waals surface area contributed by atoms with Gasteiger partial charge < -0.3 is 9.94 Å². The first-order valence-corrected chi connectivity index (χ1v) is 13.5. The first-order valence-electron chi connectivity index (χ1n) is 13.5. The van der Waals surface area contributed by atoms with Gasteiger partial charge in [-0.25, -0.2) is 0 Å². The summed E-state index contributed by atoms with van der Waals surface area (Å²) in [5.41, 5.74) is 1.76. The van der Waals surface area contributed by atoms with Crippen LogP contribution in [0, 0.1) is 52.3 Å². The Morgan fingerprint density at radius 1 is 0.968 bits per heavy atom. The molecule has 0 bridgehead atoms. The van der Waals surface area contributed by atoms with E-state index >= 15 is 0 Å². The lowest BCUT2D eigenvalue weighted by Crippen LogP contribution is -2.57. The van der Waals surface area contributed by atoms with E-state index in [2.05, 4.69) is 39.8 Å². The molecule has 31 heavy (non-hydrogen) atoms. The molecule has 0 aromatic heterocycles. The van der Waals surface area contributed by atoms with Gasteiger partial charge in [0, 0.05) is 13.5 Å². The summed E-state index contributed by atoms with van der Waals surface area (Å²) in [4.78, 5) is 0. The Morgan fingerprint density at radius 2 is 1.68 bits per heavy atom. The number of fused-ring (bicyclic) bond motifs is 5. The van der Waals surface area contributed by atoms with Gasteiger partial charge in [0.1, 0.15) is 0 Å². The summed E-state index contributed by atoms with van der Waals surface area (Å²) in [7, 11) is 1.86. The van der Waals surface area contributed by atoms with Crippen LogP contribution in [0.1, 0.15) is 105 Å². The molecule has 9 atom stereocenters. The quantitative estimate of drug-likeness (QED) is 0.348. The van der Waals surface area contributed by atoms with Crippen molar-refractivity contribution in [1.82, 2.24) is 0 Å². The van der Waals surface area contributed by atoms with Crippen molar-refractivity contribution in [2.45, 2.75) is 111 Å². The minimum absolute atomic E-state index is 0.233. The van der Waals surface area contributed by atoms with Crippen LogP contribution < -0.4 is 0 Å². The third kappa shape index (κ3) is 4.00. The first-order chi connectivity index (χ1) is 14.7. The summed E-state index contributed by atoms with van der Waals surface area (Å²) >= 11 is 0. The Bertz CT molecular complexity index is 659. The van der Waals surface area contributed by atoms with Crippen LogP contribution in [0.25, 0.3) is 0 Å². The first kappa shape index (κ1) is 23.6. The van der Waals surface area contributed by atoms with E-state index < -0.39 is 0 Å². The molecule has 0 aromatic carbocycles. The van der Waals surface area contributed by atoms with Crippen molar-refractivity contribution in [3.8, 4) is 0 Å². The normalized spacial score (nSPS) is 47.1. The van der Waals surface area contributed by atoms with E-state index in [0.717, 1.165) is 54.1 Å². The molecule has 0 saturated heterocycles. The second-order valence-corrected chi connectivity index (χ2v) is 12.9. The number of hydrogen-bond donors (Lipinski definition) is 1. The van der Waals surface area contributed by atoms with E-state index in [-0.39, 0.29) is 11.5 Å². The molecule has 0 aromatic rings. The van der Waals surface area contributed by atoms with Gasteiger partial charge in [0.05, 0.1) is 11.8 Å². The second-order valence-electron chi connectivity index (χ2n) is 12.9. The van der Waals surface area contributed by atoms with Crippen LogP contribution in [0.3, 0.4) is 0 Å². The second kappa shape index (κ2) is 8.99. The number of rotatable bonds is 6. The average Bonchev–Trinajstić information content (AvgIpc) is 3.09. The van der Waals surface area contributed by atoms with Gasteiger partial charge in [-0.05, 0) is 97.2 Å². The van der Waals surface area contributed by atoms with Crippen LogP contribution in [0.4, 0.5) is 0 Å². The van der Waals surface area contributed by atoms with Crippen LogP contribution in [0.15, 0.2) is 5.16 Å². The zero-order valence-corrected chi connectivity index (χ0v) is 21.2. The van der Waals surface area contributed by atoms with Crippen molar-refractivity contribution in [2.24, 2.45) is 57.4 Å². The van der Waals surface area contributed by atoms with E-state index in [1.54, 1.807) is 0 Å². The molecule has 0 spiro atoms. The van der Waals surface area contributed by atoms with E-state index in [9.17, 15) is 5.21 Å². The molecule has 0 aliphatic heterocycles. The lowest BCUT2D eigenvalue weighted by atomic mass is 9.44. The predicted octanol–water partition coefficient (Wildman–Crippen LogP) is 7.56. The Kier molecular flexibility index (Phi) is 6.84. The molecule has 3 heteroatoms. The van der Waals surface area contributed by atoms with Crippen LogP contribution in [0.5, 0.6) is 0 Å². The van der Waals surface area contributed by atoms with Gasteiger partial charge in [0.15, 0.2) is 0 Å². The van der Waals surface area contributed by atoms with Crippen molar-refractivity contribution in [1.29, 1.82) is 0 Å². The summed E-state index contributed by atoms with van der Waals surface area (Å²) in [5.74, 6) is 5.79. The maximum Gasteiger partial charge on any atom is 0.0658 e. The van der Waals surface area contributed by atoms with Gasteiger partial charge in [-0.1, -0.05) is 59.0 Å². The summed E-state index contributed by atoms with van der Waals surface area (Å²) in [6, 6.07) is 0. The topological polar surface area (TPSA) is 41.8 Å². The number of nitrogens with zero attached hydrogens (tertiary/aromatic N) is 1. The third-order valence-electron chi connectivity index (χ3n) is 11.1. The summed E-state index contributed by atoms with van der Waals surface area (Å²) in [5, 5.41) is 13.3. The lowest BCUT2D eigenvalue weighted by Gasteiger charge is -2.61. The van der Waals surface area contributed by atoms with E-state index in [4.69, 9.17) is 4.74 Å². The molecule has 4 fully saturated rings. The maximum atomic E-state index is 9.63. The molecule has 0 radical (unpaired) electrons. The van der Waals surface area contributed by atoms with Gasteiger partial charge in [0.2, 0.25) is 0 Å². The monoisotopic (exact) mass is 431 g/mol. The van der Waals surface area contributed by atoms with Gasteiger partial charge in [-0.2, -0.15) is 0 Å². The van der Waals surface area contributed by atoms with Crippen LogP contribution in [0.2, 0.25) is 0 Å². The molecule has 0 heterocycles. The largest absolute Gasteiger partial charge is 0.411 e. The van der Waals surface area contributed by atoms with Crippen LogP contribution >= 0.6 is 0 Å². The van der Waals surface area contributed by atoms with E-state index in [1.807, 2.05) is 7.11 Å². The molecular weight excluding hydrogens is 382 g/mol. The van der Waals surface area contributed by atoms with E-state index in [0.29, 0.717) is 11.3 Å². The summed E-state index contributed by atoms with van der Waals surface area (Å²) < 4.78 is 5.95. The number of methoxy groups -OCH3 is 1. The van der Waals surface area contributed by atoms with Crippen LogP contribution in [-0.4, -0.2) is 24.1 Å². The molecule has 4 saturated carbocycles. The van der Waals surface area contributed by atoms with Crippen molar-refractivity contribution in [2.75, 3.05) is 7.11 Å². The lowest BCUT2D eigenvalue weighted by molar-refractivity contribution is -0.135. The third-order valence-corrected chi connectivity index (χ3v) is 11.1. The Balaban J connectivity index is 1.51. The highest BCUT2D eigenvalue weighted by atomic mass is 16.5. The smallest absolute Gasteiger partial charge is 0.0658 e. The van der Waals surface area contributed by atoms with Crippen molar-refractivity contribution in [3.63, 3.8) is 0 Å². The summed E-state index contributed by atoms with van der Waals surface area (Å²) in [6.07, 6.45) is 14.6. The highest BCUT2D eigenvalue weighted by Crippen LogP contribution is 2.68. The maximum absolute atomic E-state index is 9.63. The molecule has 1 N–H and O–H groups in total. The molecule has 4 rings (SSSR count). The fourth-order valence-electron chi connectivity index (χ4n) is 9.59. The van der Waals surface area contributed by atoms with E-state index in [1.165, 1.54) is 57.8 Å². The van der Waals surface area contributed by atoms with Gasteiger partial charge >= 0.3 is 0 Å². The molecule has 0 unspecified atom stereocenters. The Morgan fingerprint density at radius 3 is 2.35 bits per heavy atom. The van der Waals surface area contributed by atoms with Crippen LogP contribution in [-0.2, 0) is 4.74 Å². The van der Waals surface area contributed by atoms with Gasteiger partial charge in [-0.15, -0.1) is 0 Å². The minimum atomic E-state index is 0.233. The SMILES string of the molecule is CO[C@@H]1C/C(=N/O)C[C@]2(C)[C@H]3CC[C@]4(C)[C@@H]([C@H](C)CCCC(C)C)CC[C@H]4[C@@H]3CC[C@@H]12. The van der Waals surface area contributed by atoms with Crippen molar-refractivity contribution in [3.05, 3.63) is 0 Å². The molecule has 4 aliphatic rings. The summed E-state index contributed by atoms with van der Waals surface area (Å²) in [6.45, 7) is 12.5. The van der Waals surface area contributed by atoms with Crippen molar-refractivity contribution < 1.29 is 9.94 Å². The standard InChI is InChI=1S/C28H49NO2/c1-18(2)8-7-9-19(3)22-12-13-23-21-10-11-25-26(31-6)16-20(29-30)17-28(25,5)24(21)14-15-27(22,23)4/h18-19,21-26,30H,7-17H2,1-6H3/b29-20-/t19-,21+,22-,23+,24+,25+,26-,27-,28-/m1/s1. The zero-order chi connectivity index (χ0) is 22.4. The zero-order valence-electron chi connectivity index (χ0n) is 21.2.